The lowest BCUT2D eigenvalue weighted by Crippen LogP contribution is -2.15. The van der Waals surface area contributed by atoms with Gasteiger partial charge in [-0.3, -0.25) is 4.68 Å². The Labute approximate surface area is 134 Å². The molecule has 0 aliphatic heterocycles. The fourth-order valence-electron chi connectivity index (χ4n) is 3.28. The van der Waals surface area contributed by atoms with Crippen molar-refractivity contribution in [1.82, 2.24) is 9.78 Å². The summed E-state index contributed by atoms with van der Waals surface area (Å²) >= 11 is 0. The zero-order chi connectivity index (χ0) is 15.6. The highest BCUT2D eigenvalue weighted by Crippen LogP contribution is 2.29. The van der Waals surface area contributed by atoms with Crippen molar-refractivity contribution >= 4 is 6.21 Å². The molecule has 1 heterocycles. The minimum atomic E-state index is 0.583. The zero-order valence-corrected chi connectivity index (χ0v) is 14.0. The molecule has 0 saturated heterocycles. The van der Waals surface area contributed by atoms with Crippen molar-refractivity contribution < 1.29 is 4.74 Å². The molecule has 4 nitrogen and oxygen atoms in total. The van der Waals surface area contributed by atoms with Gasteiger partial charge in [0.2, 0.25) is 5.88 Å². The van der Waals surface area contributed by atoms with Crippen LogP contribution in [0.15, 0.2) is 6.07 Å². The smallest absolute Gasteiger partial charge is 0.233 e. The van der Waals surface area contributed by atoms with E-state index in [0.29, 0.717) is 6.04 Å². The van der Waals surface area contributed by atoms with Crippen molar-refractivity contribution in [2.45, 2.75) is 83.6 Å². The first-order valence-electron chi connectivity index (χ1n) is 8.99. The molecule has 0 aromatic carbocycles. The highest BCUT2D eigenvalue weighted by Gasteiger charge is 2.18. The van der Waals surface area contributed by atoms with Crippen LogP contribution in [0.2, 0.25) is 0 Å². The predicted octanol–water partition coefficient (Wildman–Crippen LogP) is 5.07. The number of hydrogen-bond donors (Lipinski definition) is 1. The van der Waals surface area contributed by atoms with Gasteiger partial charge in [0.15, 0.2) is 0 Å². The van der Waals surface area contributed by atoms with Gasteiger partial charge >= 0.3 is 0 Å². The van der Waals surface area contributed by atoms with Gasteiger partial charge in [-0.25, -0.2) is 0 Å². The van der Waals surface area contributed by atoms with E-state index in [1.165, 1.54) is 63.3 Å². The number of unbranched alkanes of at least 4 members (excludes halogenated alkanes) is 5. The lowest BCUT2D eigenvalue weighted by Gasteiger charge is -2.23. The van der Waals surface area contributed by atoms with Crippen LogP contribution in [0.4, 0.5) is 0 Å². The highest BCUT2D eigenvalue weighted by atomic mass is 16.5. The van der Waals surface area contributed by atoms with Crippen LogP contribution < -0.4 is 4.74 Å². The van der Waals surface area contributed by atoms with E-state index < -0.39 is 0 Å². The third kappa shape index (κ3) is 5.47. The number of nitrogens with one attached hydrogen (secondary N) is 1. The van der Waals surface area contributed by atoms with Gasteiger partial charge in [0, 0.05) is 11.8 Å². The summed E-state index contributed by atoms with van der Waals surface area (Å²) in [6.07, 6.45) is 14.9. The normalized spacial score (nSPS) is 15.9. The summed E-state index contributed by atoms with van der Waals surface area (Å²) in [5.41, 5.74) is 1.23. The maximum absolute atomic E-state index is 6.98. The second kappa shape index (κ2) is 9.65. The molecular weight excluding hydrogens is 274 g/mol. The molecule has 1 fully saturated rings. The topological polar surface area (TPSA) is 50.9 Å². The van der Waals surface area contributed by atoms with Crippen LogP contribution in [0.5, 0.6) is 5.88 Å². The van der Waals surface area contributed by atoms with Crippen LogP contribution in [-0.2, 0) is 0 Å². The molecule has 1 N–H and O–H groups in total. The van der Waals surface area contributed by atoms with Gasteiger partial charge in [-0.15, -0.1) is 5.10 Å². The zero-order valence-electron chi connectivity index (χ0n) is 14.0. The van der Waals surface area contributed by atoms with E-state index in [1.807, 2.05) is 0 Å². The van der Waals surface area contributed by atoms with Crippen molar-refractivity contribution in [1.29, 1.82) is 5.41 Å². The van der Waals surface area contributed by atoms with Crippen molar-refractivity contribution in [3.8, 4) is 5.88 Å². The lowest BCUT2D eigenvalue weighted by molar-refractivity contribution is 0.276. The first-order chi connectivity index (χ1) is 10.8. The number of nitrogens with zero attached hydrogens (tertiary/aromatic N) is 2. The number of ether oxygens (including phenoxy) is 1. The van der Waals surface area contributed by atoms with Gasteiger partial charge in [0.25, 0.3) is 0 Å². The van der Waals surface area contributed by atoms with Crippen molar-refractivity contribution in [2.24, 2.45) is 0 Å². The quantitative estimate of drug-likeness (QED) is 0.485. The van der Waals surface area contributed by atoms with Crippen molar-refractivity contribution in [3.63, 3.8) is 0 Å². The molecule has 0 spiro atoms. The Balaban J connectivity index is 1.64. The van der Waals surface area contributed by atoms with E-state index in [0.717, 1.165) is 31.7 Å². The minimum Gasteiger partial charge on any atom is -0.477 e. The first-order valence-corrected chi connectivity index (χ1v) is 8.99. The van der Waals surface area contributed by atoms with E-state index in [-0.39, 0.29) is 0 Å². The molecule has 0 bridgehead atoms. The highest BCUT2D eigenvalue weighted by molar-refractivity contribution is 5.52. The molecule has 22 heavy (non-hydrogen) atoms. The molecule has 1 aromatic heterocycles. The summed E-state index contributed by atoms with van der Waals surface area (Å²) in [5, 5.41) is 11.6. The summed E-state index contributed by atoms with van der Waals surface area (Å²) in [6, 6.07) is 2.67. The maximum atomic E-state index is 6.98. The van der Waals surface area contributed by atoms with Crippen LogP contribution in [0.25, 0.3) is 0 Å². The minimum absolute atomic E-state index is 0.583. The molecular formula is C18H31N3O. The molecule has 124 valence electrons. The average Bonchev–Trinajstić information content (AvgIpc) is 2.92. The predicted molar refractivity (Wildman–Crippen MR) is 91.1 cm³/mol. The molecule has 0 atom stereocenters. The maximum Gasteiger partial charge on any atom is 0.233 e. The third-order valence-electron chi connectivity index (χ3n) is 4.56. The Bertz CT molecular complexity index is 436. The average molecular weight is 305 g/mol. The molecule has 0 radical (unpaired) electrons. The fourth-order valence-corrected chi connectivity index (χ4v) is 3.28. The Morgan fingerprint density at radius 1 is 1.18 bits per heavy atom. The number of hydrogen-bond acceptors (Lipinski definition) is 3. The van der Waals surface area contributed by atoms with Gasteiger partial charge in [-0.2, -0.15) is 0 Å². The Hall–Kier alpha value is -1.32. The standard InChI is InChI=1S/C18H31N3O/c1-16-15-18(20-21(16)17-11-7-6-8-12-17)22-14-10-5-3-2-4-9-13-19/h13,15,17,19H,2-12,14H2,1H3. The number of rotatable bonds is 10. The first kappa shape index (κ1) is 17.0. The van der Waals surface area contributed by atoms with E-state index in [2.05, 4.69) is 22.8 Å². The molecule has 1 saturated carbocycles. The van der Waals surface area contributed by atoms with Gasteiger partial charge in [0.1, 0.15) is 0 Å². The summed E-state index contributed by atoms with van der Waals surface area (Å²) in [6.45, 7) is 2.91. The van der Waals surface area contributed by atoms with Gasteiger partial charge in [-0.05, 0) is 45.2 Å². The summed E-state index contributed by atoms with van der Waals surface area (Å²) in [7, 11) is 0. The largest absolute Gasteiger partial charge is 0.477 e. The Kier molecular flexibility index (Phi) is 7.47. The van der Waals surface area contributed by atoms with Gasteiger partial charge < -0.3 is 10.1 Å². The van der Waals surface area contributed by atoms with Crippen LogP contribution in [0.3, 0.4) is 0 Å². The fraction of sp³-hybridized carbons (Fsp3) is 0.778. The molecule has 1 aromatic rings. The van der Waals surface area contributed by atoms with Gasteiger partial charge in [-0.1, -0.05) is 38.5 Å². The van der Waals surface area contributed by atoms with Crippen molar-refractivity contribution in [2.75, 3.05) is 6.61 Å². The molecule has 2 rings (SSSR count). The summed E-state index contributed by atoms with van der Waals surface area (Å²) < 4.78 is 8.00. The molecule has 1 aliphatic carbocycles. The number of aryl methyl sites for hydroxylation is 1. The molecule has 1 aliphatic rings. The van der Waals surface area contributed by atoms with Crippen LogP contribution in [0, 0.1) is 12.3 Å². The molecule has 4 heteroatoms. The van der Waals surface area contributed by atoms with Gasteiger partial charge in [0.05, 0.1) is 12.6 Å². The SMILES string of the molecule is Cc1cc(OCCCCCCCC=N)nn1C1CCCCC1. The van der Waals surface area contributed by atoms with E-state index >= 15 is 0 Å². The summed E-state index contributed by atoms with van der Waals surface area (Å²) in [5.74, 6) is 0.798. The summed E-state index contributed by atoms with van der Waals surface area (Å²) in [4.78, 5) is 0. The van der Waals surface area contributed by atoms with Crippen LogP contribution in [-0.4, -0.2) is 22.6 Å². The molecule has 0 unspecified atom stereocenters. The van der Waals surface area contributed by atoms with E-state index in [9.17, 15) is 0 Å². The van der Waals surface area contributed by atoms with E-state index in [1.54, 1.807) is 0 Å². The van der Waals surface area contributed by atoms with E-state index in [4.69, 9.17) is 10.1 Å². The number of aromatic nitrogens is 2. The Morgan fingerprint density at radius 2 is 1.91 bits per heavy atom. The third-order valence-corrected chi connectivity index (χ3v) is 4.56. The Morgan fingerprint density at radius 3 is 2.68 bits per heavy atom. The van der Waals surface area contributed by atoms with Crippen LogP contribution >= 0.6 is 0 Å². The monoisotopic (exact) mass is 305 g/mol. The lowest BCUT2D eigenvalue weighted by atomic mass is 9.95. The van der Waals surface area contributed by atoms with Crippen molar-refractivity contribution in [3.05, 3.63) is 11.8 Å². The molecule has 0 amide bonds. The second-order valence-electron chi connectivity index (χ2n) is 6.47. The second-order valence-corrected chi connectivity index (χ2v) is 6.47. The van der Waals surface area contributed by atoms with Crippen LogP contribution in [0.1, 0.15) is 82.4 Å².